The molecule has 0 aliphatic heterocycles. The third kappa shape index (κ3) is 20.9. The van der Waals surface area contributed by atoms with Crippen molar-refractivity contribution in [1.29, 1.82) is 0 Å². The van der Waals surface area contributed by atoms with Crippen LogP contribution in [0.5, 0.6) is 0 Å². The highest BCUT2D eigenvalue weighted by atomic mass is 35.5. The molecule has 10 rings (SSSR count). The first kappa shape index (κ1) is 69.7. The summed E-state index contributed by atoms with van der Waals surface area (Å²) in [5, 5.41) is 10.6. The fourth-order valence-corrected chi connectivity index (χ4v) is 11.9. The monoisotopic (exact) mass is 1310 g/mol. The largest absolute Gasteiger partial charge is 0.449 e. The van der Waals surface area contributed by atoms with Crippen molar-refractivity contribution in [3.8, 4) is 22.3 Å². The summed E-state index contributed by atoms with van der Waals surface area (Å²) in [5.74, 6) is 0.143. The lowest BCUT2D eigenvalue weighted by atomic mass is 9.98. The second-order valence-corrected chi connectivity index (χ2v) is 24.2. The van der Waals surface area contributed by atoms with Crippen molar-refractivity contribution in [2.75, 3.05) is 32.8 Å². The number of hydrogen-bond donors (Lipinski definition) is 4. The van der Waals surface area contributed by atoms with Crippen LogP contribution in [-0.4, -0.2) is 80.3 Å². The van der Waals surface area contributed by atoms with Crippen molar-refractivity contribution in [2.45, 2.75) is 94.5 Å². The Morgan fingerprint density at radius 1 is 0.435 bits per heavy atom. The molecule has 0 saturated heterocycles. The molecule has 8 aromatic rings. The molecule has 92 heavy (non-hydrogen) atoms. The fraction of sp³-hybridized carbons (Fsp3) is 0.263. The molecule has 12 nitrogen and oxygen atoms in total. The van der Waals surface area contributed by atoms with E-state index in [1.165, 1.54) is 33.9 Å². The molecular weight excluding hydrogens is 1240 g/mol. The van der Waals surface area contributed by atoms with Gasteiger partial charge in [-0.25, -0.2) is 9.59 Å². The number of ether oxygens (including phenoxy) is 2. The molecule has 0 unspecified atom stereocenters. The van der Waals surface area contributed by atoms with Crippen molar-refractivity contribution >= 4 is 81.7 Å². The Morgan fingerprint density at radius 3 is 1.26 bits per heavy atom. The number of amides is 2. The first-order valence-electron chi connectivity index (χ1n) is 31.0. The number of halogens is 4. The van der Waals surface area contributed by atoms with E-state index in [9.17, 15) is 28.8 Å². The van der Waals surface area contributed by atoms with Crippen molar-refractivity contribution in [3.05, 3.63) is 271 Å². The van der Waals surface area contributed by atoms with Gasteiger partial charge in [0.15, 0.2) is 5.78 Å². The molecule has 0 spiro atoms. The lowest BCUT2D eigenvalue weighted by Gasteiger charge is -2.19. The van der Waals surface area contributed by atoms with Crippen molar-refractivity contribution in [2.24, 2.45) is 5.73 Å². The van der Waals surface area contributed by atoms with E-state index in [0.29, 0.717) is 84.4 Å². The highest BCUT2D eigenvalue weighted by molar-refractivity contribution is 6.42. The van der Waals surface area contributed by atoms with Crippen LogP contribution < -0.4 is 21.7 Å². The van der Waals surface area contributed by atoms with Gasteiger partial charge in [0.1, 0.15) is 30.6 Å². The maximum atomic E-state index is 13.3. The number of carbonyl (C=O) groups is 6. The van der Waals surface area contributed by atoms with Crippen LogP contribution in [-0.2, 0) is 54.3 Å². The molecule has 2 atom stereocenters. The van der Waals surface area contributed by atoms with Crippen LogP contribution in [0.3, 0.4) is 0 Å². The number of hydrogen-bond acceptors (Lipinski definition) is 10. The fourth-order valence-electron chi connectivity index (χ4n) is 11.2. The number of nitrogens with two attached hydrogens (primary N) is 1. The standard InChI is InChI=1S/C38H38Cl2N2O4.C27H26Cl2N2O3.C11H12O/c39-34-18-15-27(24-35(34)40)16-19-37(44)36(41-22-20-28(43)17-14-26-8-2-1-3-9-26)21-23-42-38(45)46-25-33-31-12-6-4-10-29(31)30-11-5-7-13-32(30)33;28-23-11-9-17(15-24(23)29)10-12-26(32)25(30)13-14-31-27(33)34-16-22-20-7-3-1-5-18(20)19-6-2-4-8-21(19)22;1-2-11(12)9-8-10-6-4-3-5-7-10/h1-13,15,18,24,33,36,41H,14,16-17,19-23,25H2,(H,42,45);1-9,11,15,22,25H,10,12-14,16,30H2,(H,31,33);2-7H,1,8-9H2/t36-;25-;/m11./s1. The van der Waals surface area contributed by atoms with Crippen molar-refractivity contribution in [1.82, 2.24) is 16.0 Å². The number of alkyl carbamates (subject to hydrolysis) is 2. The van der Waals surface area contributed by atoms with Crippen LogP contribution in [0.1, 0.15) is 101 Å². The normalized spacial score (nSPS) is 12.4. The van der Waals surface area contributed by atoms with Gasteiger partial charge in [-0.15, -0.1) is 0 Å². The SMILES string of the molecule is C=CC(=O)CCc1ccccc1.N[C@H](CCNC(=O)OCC1c2ccccc2-c2ccccc21)C(=O)CCc1ccc(Cl)c(Cl)c1.O=C(CCN[C@H](CCNC(=O)OCC1c2ccccc2-c2ccccc21)C(=O)CCc1ccc(Cl)c(Cl)c1)CCc1ccccc1. The lowest BCUT2D eigenvalue weighted by molar-refractivity contribution is -0.122. The molecule has 2 aliphatic carbocycles. The lowest BCUT2D eigenvalue weighted by Crippen LogP contribution is -2.41. The number of allylic oxidation sites excluding steroid dienone is 1. The number of aryl methyl sites for hydroxylation is 4. The Balaban J connectivity index is 0.000000206. The third-order valence-electron chi connectivity index (χ3n) is 16.3. The maximum Gasteiger partial charge on any atom is 0.407 e. The van der Waals surface area contributed by atoms with E-state index in [0.717, 1.165) is 45.4 Å². The predicted octanol–water partition coefficient (Wildman–Crippen LogP) is 16.1. The molecular formula is C76H76Cl4N4O8. The van der Waals surface area contributed by atoms with E-state index in [1.54, 1.807) is 24.3 Å². The zero-order valence-electron chi connectivity index (χ0n) is 51.2. The molecule has 5 N–H and O–H groups in total. The first-order valence-corrected chi connectivity index (χ1v) is 32.5. The zero-order chi connectivity index (χ0) is 65.2. The summed E-state index contributed by atoms with van der Waals surface area (Å²) in [7, 11) is 0. The number of Topliss-reactive ketones (excluding diaryl/α,β-unsaturated/α-hetero) is 3. The van der Waals surface area contributed by atoms with Gasteiger partial charge < -0.3 is 31.2 Å². The molecule has 0 radical (unpaired) electrons. The second kappa shape index (κ2) is 36.1. The molecule has 0 fully saturated rings. The van der Waals surface area contributed by atoms with E-state index in [1.807, 2.05) is 121 Å². The molecule has 476 valence electrons. The number of benzene rings is 8. The Kier molecular flexibility index (Phi) is 27.4. The highest BCUT2D eigenvalue weighted by Gasteiger charge is 2.31. The average Bonchev–Trinajstić information content (AvgIpc) is 1.64. The maximum absolute atomic E-state index is 13.3. The zero-order valence-corrected chi connectivity index (χ0v) is 54.3. The van der Waals surface area contributed by atoms with E-state index in [-0.39, 0.29) is 67.7 Å². The summed E-state index contributed by atoms with van der Waals surface area (Å²) in [6, 6.07) is 62.1. The van der Waals surface area contributed by atoms with Gasteiger partial charge in [-0.1, -0.05) is 223 Å². The Hall–Kier alpha value is -8.20. The van der Waals surface area contributed by atoms with Crippen LogP contribution in [0.2, 0.25) is 20.1 Å². The minimum Gasteiger partial charge on any atom is -0.449 e. The highest BCUT2D eigenvalue weighted by Crippen LogP contribution is 2.46. The Labute approximate surface area is 559 Å². The number of nitrogens with one attached hydrogen (secondary N) is 3. The molecule has 2 amide bonds. The second-order valence-electron chi connectivity index (χ2n) is 22.6. The van der Waals surface area contributed by atoms with Gasteiger partial charge >= 0.3 is 12.2 Å². The van der Waals surface area contributed by atoms with Crippen LogP contribution >= 0.6 is 46.4 Å². The van der Waals surface area contributed by atoms with Crippen LogP contribution in [0.4, 0.5) is 9.59 Å². The Morgan fingerprint density at radius 2 is 0.826 bits per heavy atom. The predicted molar refractivity (Wildman–Crippen MR) is 369 cm³/mol. The van der Waals surface area contributed by atoms with Crippen LogP contribution in [0.15, 0.2) is 207 Å². The van der Waals surface area contributed by atoms with E-state index in [2.05, 4.69) is 71.1 Å². The number of fused-ring (bicyclic) bond motifs is 6. The molecule has 0 bridgehead atoms. The average molecular weight is 1320 g/mol. The van der Waals surface area contributed by atoms with Gasteiger partial charge in [0.05, 0.1) is 32.2 Å². The van der Waals surface area contributed by atoms with E-state index < -0.39 is 24.3 Å². The molecule has 2 aliphatic rings. The van der Waals surface area contributed by atoms with Gasteiger partial charge in [-0.05, 0) is 136 Å². The summed E-state index contributed by atoms with van der Waals surface area (Å²) in [5.41, 5.74) is 19.5. The quantitative estimate of drug-likeness (QED) is 0.0329. The van der Waals surface area contributed by atoms with Gasteiger partial charge in [-0.2, -0.15) is 0 Å². The first-order chi connectivity index (χ1) is 44.6. The van der Waals surface area contributed by atoms with Gasteiger partial charge in [0, 0.05) is 63.6 Å². The topological polar surface area (TPSA) is 183 Å². The minimum absolute atomic E-state index is 0.00264. The van der Waals surface area contributed by atoms with Crippen LogP contribution in [0.25, 0.3) is 22.3 Å². The van der Waals surface area contributed by atoms with Gasteiger partial charge in [-0.3, -0.25) is 19.2 Å². The third-order valence-corrected chi connectivity index (χ3v) is 17.7. The van der Waals surface area contributed by atoms with E-state index in [4.69, 9.17) is 61.6 Å². The summed E-state index contributed by atoms with van der Waals surface area (Å²) in [6.45, 7) is 4.77. The summed E-state index contributed by atoms with van der Waals surface area (Å²) in [4.78, 5) is 74.1. The van der Waals surface area contributed by atoms with E-state index >= 15 is 0 Å². The Bertz CT molecular complexity index is 3720. The van der Waals surface area contributed by atoms with Gasteiger partial charge in [0.2, 0.25) is 0 Å². The summed E-state index contributed by atoms with van der Waals surface area (Å²) in [6.07, 6.45) is 5.48. The molecule has 0 aromatic heterocycles. The number of rotatable bonds is 29. The molecule has 16 heteroatoms. The summed E-state index contributed by atoms with van der Waals surface area (Å²) >= 11 is 24.1. The molecule has 0 saturated carbocycles. The van der Waals surface area contributed by atoms with Crippen molar-refractivity contribution in [3.63, 3.8) is 0 Å². The minimum atomic E-state index is -0.656. The van der Waals surface area contributed by atoms with Crippen LogP contribution in [0, 0.1) is 0 Å². The van der Waals surface area contributed by atoms with Crippen molar-refractivity contribution < 1.29 is 38.2 Å². The number of carbonyl (C=O) groups excluding carboxylic acids is 6. The summed E-state index contributed by atoms with van der Waals surface area (Å²) < 4.78 is 11.2. The molecule has 8 aromatic carbocycles. The smallest absolute Gasteiger partial charge is 0.407 e. The number of ketones is 4. The molecule has 0 heterocycles. The van der Waals surface area contributed by atoms with Gasteiger partial charge in [0.25, 0.3) is 0 Å².